The highest BCUT2D eigenvalue weighted by Gasteiger charge is 2.25. The number of hydrogen-bond donors (Lipinski definition) is 0. The van der Waals surface area contributed by atoms with E-state index in [0.29, 0.717) is 0 Å². The first kappa shape index (κ1) is 29.4. The molecular weight excluding hydrogens is 689 g/mol. The van der Waals surface area contributed by atoms with Crippen LogP contribution in [0.3, 0.4) is 0 Å². The summed E-state index contributed by atoms with van der Waals surface area (Å²) >= 11 is 1.77. The molecule has 5 heterocycles. The van der Waals surface area contributed by atoms with Crippen LogP contribution < -0.4 is 0 Å². The lowest BCUT2D eigenvalue weighted by molar-refractivity contribution is 1.18. The van der Waals surface area contributed by atoms with Crippen molar-refractivity contribution in [3.05, 3.63) is 170 Å². The van der Waals surface area contributed by atoms with E-state index in [4.69, 9.17) is 9.97 Å². The van der Waals surface area contributed by atoms with Crippen molar-refractivity contribution in [1.82, 2.24) is 18.9 Å². The molecular formula is C50H28N4S. The van der Waals surface area contributed by atoms with Crippen molar-refractivity contribution in [2.24, 2.45) is 0 Å². The van der Waals surface area contributed by atoms with Gasteiger partial charge in [0, 0.05) is 59.2 Å². The summed E-state index contributed by atoms with van der Waals surface area (Å²) in [6.07, 6.45) is 0. The number of fused-ring (bicyclic) bond motifs is 14. The van der Waals surface area contributed by atoms with Crippen molar-refractivity contribution < 1.29 is 0 Å². The fourth-order valence-electron chi connectivity index (χ4n) is 9.23. The summed E-state index contributed by atoms with van der Waals surface area (Å²) in [5.74, 6) is 0.730. The molecule has 0 aliphatic carbocycles. The van der Waals surface area contributed by atoms with Crippen LogP contribution in [0.1, 0.15) is 0 Å². The van der Waals surface area contributed by atoms with Crippen LogP contribution in [0.4, 0.5) is 0 Å². The summed E-state index contributed by atoms with van der Waals surface area (Å²) in [6.45, 7) is 0. The Bertz CT molecular complexity index is 3700. The average Bonchev–Trinajstić information content (AvgIpc) is 3.98. The molecule has 0 radical (unpaired) electrons. The highest BCUT2D eigenvalue weighted by molar-refractivity contribution is 7.26. The molecule has 0 fully saturated rings. The Morgan fingerprint density at radius 3 is 1.91 bits per heavy atom. The number of rotatable bonds is 3. The zero-order valence-electron chi connectivity index (χ0n) is 29.4. The lowest BCUT2D eigenvalue weighted by Gasteiger charge is -2.11. The van der Waals surface area contributed by atoms with E-state index in [1.165, 1.54) is 80.8 Å². The highest BCUT2D eigenvalue weighted by Crippen LogP contribution is 2.47. The second-order valence-corrected chi connectivity index (χ2v) is 15.6. The van der Waals surface area contributed by atoms with E-state index < -0.39 is 0 Å². The van der Waals surface area contributed by atoms with E-state index in [-0.39, 0.29) is 0 Å². The molecule has 0 bridgehead atoms. The third-order valence-electron chi connectivity index (χ3n) is 11.6. The zero-order valence-corrected chi connectivity index (χ0v) is 30.2. The first-order valence-corrected chi connectivity index (χ1v) is 19.5. The molecule has 0 amide bonds. The number of hydrogen-bond acceptors (Lipinski definition) is 3. The molecule has 0 unspecified atom stereocenters. The van der Waals surface area contributed by atoms with Gasteiger partial charge in [-0.25, -0.2) is 9.97 Å². The van der Waals surface area contributed by atoms with Gasteiger partial charge in [0.2, 0.25) is 0 Å². The quantitative estimate of drug-likeness (QED) is 0.182. The van der Waals surface area contributed by atoms with Crippen molar-refractivity contribution in [2.45, 2.75) is 0 Å². The summed E-state index contributed by atoms with van der Waals surface area (Å²) in [5, 5.41) is 11.3. The largest absolute Gasteiger partial charge is 0.309 e. The highest BCUT2D eigenvalue weighted by atomic mass is 32.1. The third kappa shape index (κ3) is 3.94. The van der Waals surface area contributed by atoms with Crippen LogP contribution in [0.25, 0.3) is 119 Å². The Morgan fingerprint density at radius 1 is 0.436 bits per heavy atom. The van der Waals surface area contributed by atoms with E-state index in [1.54, 1.807) is 11.3 Å². The fourth-order valence-corrected chi connectivity index (χ4v) is 10.4. The van der Waals surface area contributed by atoms with Gasteiger partial charge in [-0.2, -0.15) is 0 Å². The van der Waals surface area contributed by atoms with Gasteiger partial charge in [-0.15, -0.1) is 11.3 Å². The second kappa shape index (κ2) is 10.8. The molecule has 0 saturated carbocycles. The van der Waals surface area contributed by atoms with Crippen LogP contribution in [-0.2, 0) is 0 Å². The van der Waals surface area contributed by atoms with Gasteiger partial charge in [0.05, 0.1) is 43.5 Å². The Kier molecular flexibility index (Phi) is 5.74. The van der Waals surface area contributed by atoms with Crippen LogP contribution in [0.2, 0.25) is 0 Å². The average molecular weight is 717 g/mol. The van der Waals surface area contributed by atoms with Gasteiger partial charge in [0.1, 0.15) is 0 Å². The van der Waals surface area contributed by atoms with E-state index >= 15 is 0 Å². The van der Waals surface area contributed by atoms with E-state index in [9.17, 15) is 0 Å². The second-order valence-electron chi connectivity index (χ2n) is 14.6. The molecule has 0 N–H and O–H groups in total. The van der Waals surface area contributed by atoms with Crippen molar-refractivity contribution in [3.8, 4) is 28.3 Å². The van der Waals surface area contributed by atoms with Crippen molar-refractivity contribution in [2.75, 3.05) is 0 Å². The Morgan fingerprint density at radius 2 is 1.09 bits per heavy atom. The monoisotopic (exact) mass is 716 g/mol. The SMILES string of the molecule is c1ccc(-c2nc(-c3ccc(-n4c5cc6ccccc6cc5c5cc6c7ccccc7n7c8ccccc8c(c54)c67)cc3)nc3c2sc2ccccc23)cc1. The van der Waals surface area contributed by atoms with Crippen LogP contribution in [0.5, 0.6) is 0 Å². The minimum Gasteiger partial charge on any atom is -0.309 e. The summed E-state index contributed by atoms with van der Waals surface area (Å²) < 4.78 is 7.30. The predicted molar refractivity (Wildman–Crippen MR) is 232 cm³/mol. The Balaban J connectivity index is 1.11. The molecule has 0 spiro atoms. The van der Waals surface area contributed by atoms with E-state index in [1.807, 2.05) is 0 Å². The molecule has 8 aromatic carbocycles. The summed E-state index contributed by atoms with van der Waals surface area (Å²) in [7, 11) is 0. The number of aromatic nitrogens is 4. The summed E-state index contributed by atoms with van der Waals surface area (Å²) in [4.78, 5) is 10.5. The molecule has 4 nitrogen and oxygen atoms in total. The molecule has 13 aromatic rings. The minimum absolute atomic E-state index is 0.730. The van der Waals surface area contributed by atoms with Crippen LogP contribution in [-0.4, -0.2) is 18.9 Å². The fraction of sp³-hybridized carbons (Fsp3) is 0. The van der Waals surface area contributed by atoms with Gasteiger partial charge < -0.3 is 8.97 Å². The van der Waals surface area contributed by atoms with E-state index in [0.717, 1.165) is 38.5 Å². The minimum atomic E-state index is 0.730. The van der Waals surface area contributed by atoms with Crippen LogP contribution in [0, 0.1) is 0 Å². The van der Waals surface area contributed by atoms with Crippen LogP contribution >= 0.6 is 11.3 Å². The number of thiophene rings is 1. The summed E-state index contributed by atoms with van der Waals surface area (Å²) in [6, 6.07) is 61.6. The summed E-state index contributed by atoms with van der Waals surface area (Å²) in [5.41, 5.74) is 11.3. The maximum absolute atomic E-state index is 5.27. The van der Waals surface area contributed by atoms with Gasteiger partial charge in [-0.05, 0) is 71.4 Å². The normalized spacial score (nSPS) is 12.4. The first-order chi connectivity index (χ1) is 27.3. The molecule has 0 atom stereocenters. The number of benzene rings is 8. The molecule has 5 heteroatoms. The van der Waals surface area contributed by atoms with Gasteiger partial charge in [-0.1, -0.05) is 109 Å². The lowest BCUT2D eigenvalue weighted by atomic mass is 10.0. The first-order valence-electron chi connectivity index (χ1n) is 18.7. The topological polar surface area (TPSA) is 35.1 Å². The van der Waals surface area contributed by atoms with Crippen LogP contribution in [0.15, 0.2) is 170 Å². The molecule has 55 heavy (non-hydrogen) atoms. The van der Waals surface area contributed by atoms with Crippen molar-refractivity contribution in [3.63, 3.8) is 0 Å². The van der Waals surface area contributed by atoms with Gasteiger partial charge in [-0.3, -0.25) is 0 Å². The molecule has 13 rings (SSSR count). The van der Waals surface area contributed by atoms with E-state index in [2.05, 4.69) is 179 Å². The number of para-hydroxylation sites is 2. The smallest absolute Gasteiger partial charge is 0.160 e. The standard InChI is InChI=1S/C50H28N4S/c1-2-12-29(13-3-1)45-49-46(36-18-8-11-21-43(36)55-49)52-50(51-45)30-22-24-33(25-23-30)53-42-27-32-15-5-4-14-31(32)26-37(42)39-28-38-34-16-6-9-19-40(34)54-41-20-10-7-17-35(41)44(47(39)53)48(38)54/h1-28H. The Hall–Kier alpha value is -7.08. The van der Waals surface area contributed by atoms with Gasteiger partial charge in [0.25, 0.3) is 0 Å². The predicted octanol–water partition coefficient (Wildman–Crippen LogP) is 13.6. The maximum Gasteiger partial charge on any atom is 0.160 e. The zero-order chi connectivity index (χ0) is 35.8. The lowest BCUT2D eigenvalue weighted by Crippen LogP contribution is -1.96. The molecule has 0 aliphatic rings. The van der Waals surface area contributed by atoms with Gasteiger partial charge >= 0.3 is 0 Å². The number of nitrogens with zero attached hydrogens (tertiary/aromatic N) is 4. The Labute approximate surface area is 318 Å². The van der Waals surface area contributed by atoms with Crippen molar-refractivity contribution in [1.29, 1.82) is 0 Å². The maximum atomic E-state index is 5.27. The van der Waals surface area contributed by atoms with Crippen molar-refractivity contribution >= 4 is 102 Å². The third-order valence-corrected chi connectivity index (χ3v) is 12.8. The molecule has 5 aromatic heterocycles. The molecule has 0 saturated heterocycles. The molecule has 254 valence electrons. The molecule has 0 aliphatic heterocycles. The van der Waals surface area contributed by atoms with Gasteiger partial charge in [0.15, 0.2) is 5.82 Å².